The summed E-state index contributed by atoms with van der Waals surface area (Å²) in [5.74, 6) is 0. The van der Waals surface area contributed by atoms with Crippen LogP contribution in [0.4, 0.5) is 0 Å². The molecule has 0 aromatic heterocycles. The summed E-state index contributed by atoms with van der Waals surface area (Å²) in [5.41, 5.74) is 0.340. The average molecular weight is 113 g/mol. The fraction of sp³-hybridized carbons (Fsp3) is 0.500. The Balaban J connectivity index is 3.66. The number of hydrogen-bond donors (Lipinski definition) is 1. The summed E-state index contributed by atoms with van der Waals surface area (Å²) in [4.78, 5) is 9.77. The van der Waals surface area contributed by atoms with Gasteiger partial charge in [-0.1, -0.05) is 13.0 Å². The van der Waals surface area contributed by atoms with Gasteiger partial charge < -0.3 is 5.11 Å². The van der Waals surface area contributed by atoms with Gasteiger partial charge in [-0.2, -0.15) is 0 Å². The molecule has 2 heteroatoms. The van der Waals surface area contributed by atoms with Gasteiger partial charge in [-0.05, 0) is 6.42 Å². The van der Waals surface area contributed by atoms with E-state index in [1.807, 2.05) is 6.92 Å². The fourth-order valence-electron chi connectivity index (χ4n) is 0.385. The lowest BCUT2D eigenvalue weighted by Crippen LogP contribution is -1.89. The van der Waals surface area contributed by atoms with Crippen molar-refractivity contribution in [3.8, 4) is 0 Å². The molecule has 1 N–H and O–H groups in total. The number of rotatable bonds is 3. The molecular formula is C6H9O2. The van der Waals surface area contributed by atoms with Crippen LogP contribution in [-0.4, -0.2) is 18.0 Å². The van der Waals surface area contributed by atoms with Crippen LogP contribution in [-0.2, 0) is 4.79 Å². The summed E-state index contributed by atoms with van der Waals surface area (Å²) in [6.07, 6.45) is 4.03. The first kappa shape index (κ1) is 7.37. The first-order valence-corrected chi connectivity index (χ1v) is 2.53. The van der Waals surface area contributed by atoms with E-state index in [2.05, 4.69) is 0 Å². The maximum absolute atomic E-state index is 9.77. The topological polar surface area (TPSA) is 37.3 Å². The fourth-order valence-corrected chi connectivity index (χ4v) is 0.385. The van der Waals surface area contributed by atoms with E-state index in [1.165, 1.54) is 0 Å². The van der Waals surface area contributed by atoms with Gasteiger partial charge in [-0.3, -0.25) is 4.79 Å². The minimum absolute atomic E-state index is 0.197. The van der Waals surface area contributed by atoms with Crippen LogP contribution in [0.5, 0.6) is 0 Å². The molecule has 0 heterocycles. The molecule has 0 atom stereocenters. The molecule has 0 unspecified atom stereocenters. The second-order valence-corrected chi connectivity index (χ2v) is 1.40. The zero-order valence-electron chi connectivity index (χ0n) is 4.85. The molecule has 0 aliphatic carbocycles. The van der Waals surface area contributed by atoms with Crippen molar-refractivity contribution >= 4 is 6.29 Å². The molecule has 0 amide bonds. The Morgan fingerprint density at radius 1 is 1.88 bits per heavy atom. The quantitative estimate of drug-likeness (QED) is 0.539. The number of aliphatic hydroxyl groups excluding tert-OH is 1. The third-order valence-corrected chi connectivity index (χ3v) is 0.752. The van der Waals surface area contributed by atoms with Crippen molar-refractivity contribution in [1.29, 1.82) is 0 Å². The molecule has 0 saturated carbocycles. The van der Waals surface area contributed by atoms with Crippen molar-refractivity contribution in [3.63, 3.8) is 0 Å². The third-order valence-electron chi connectivity index (χ3n) is 0.752. The first-order valence-electron chi connectivity index (χ1n) is 2.53. The van der Waals surface area contributed by atoms with Crippen LogP contribution in [0.15, 0.2) is 11.6 Å². The number of carbonyl (C=O) groups excluding carboxylic acids is 1. The zero-order valence-corrected chi connectivity index (χ0v) is 4.85. The highest BCUT2D eigenvalue weighted by Gasteiger charge is 1.88. The largest absolute Gasteiger partial charge is 0.392 e. The van der Waals surface area contributed by atoms with Crippen LogP contribution >= 0.6 is 0 Å². The molecule has 1 radical (unpaired) electrons. The second kappa shape index (κ2) is 4.53. The van der Waals surface area contributed by atoms with Gasteiger partial charge in [0, 0.05) is 5.57 Å². The summed E-state index contributed by atoms with van der Waals surface area (Å²) in [6.45, 7) is 1.70. The Bertz CT molecular complexity index is 94.7. The molecule has 0 aromatic rings. The Hall–Kier alpha value is -0.630. The predicted octanol–water partition coefficient (Wildman–Crippen LogP) is 0.425. The van der Waals surface area contributed by atoms with Gasteiger partial charge in [0.1, 0.15) is 0 Å². The zero-order chi connectivity index (χ0) is 6.41. The Morgan fingerprint density at radius 2 is 2.50 bits per heavy atom. The second-order valence-electron chi connectivity index (χ2n) is 1.40. The van der Waals surface area contributed by atoms with E-state index in [1.54, 1.807) is 12.4 Å². The molecule has 0 aliphatic rings. The minimum atomic E-state index is -0.197. The highest BCUT2D eigenvalue weighted by atomic mass is 16.3. The van der Waals surface area contributed by atoms with Gasteiger partial charge in [0.25, 0.3) is 0 Å². The monoisotopic (exact) mass is 113 g/mol. The molecule has 0 aromatic carbocycles. The average Bonchev–Trinajstić information content (AvgIpc) is 1.83. The van der Waals surface area contributed by atoms with Crippen molar-refractivity contribution in [1.82, 2.24) is 0 Å². The number of hydrogen-bond acceptors (Lipinski definition) is 2. The lowest BCUT2D eigenvalue weighted by Gasteiger charge is -1.85. The maximum Gasteiger partial charge on any atom is 0.231 e. The van der Waals surface area contributed by atoms with Crippen molar-refractivity contribution in [2.24, 2.45) is 0 Å². The molecule has 8 heavy (non-hydrogen) atoms. The molecular weight excluding hydrogens is 104 g/mol. The molecule has 2 nitrogen and oxygen atoms in total. The standard InChI is InChI=1S/C6H9O2/c1-2-3-6(4-7)5-8/h3,7H,2,4H2,1H3. The van der Waals surface area contributed by atoms with Gasteiger partial charge in [-0.25, -0.2) is 0 Å². The van der Waals surface area contributed by atoms with Crippen LogP contribution < -0.4 is 0 Å². The van der Waals surface area contributed by atoms with Crippen LogP contribution in [0.1, 0.15) is 13.3 Å². The summed E-state index contributed by atoms with van der Waals surface area (Å²) >= 11 is 0. The van der Waals surface area contributed by atoms with E-state index >= 15 is 0 Å². The van der Waals surface area contributed by atoms with Crippen LogP contribution in [0.3, 0.4) is 0 Å². The van der Waals surface area contributed by atoms with E-state index in [0.717, 1.165) is 6.42 Å². The summed E-state index contributed by atoms with van der Waals surface area (Å²) in [6, 6.07) is 0. The van der Waals surface area contributed by atoms with Crippen LogP contribution in [0.25, 0.3) is 0 Å². The van der Waals surface area contributed by atoms with E-state index in [9.17, 15) is 4.79 Å². The first-order chi connectivity index (χ1) is 3.85. The van der Waals surface area contributed by atoms with Gasteiger partial charge in [-0.15, -0.1) is 0 Å². The van der Waals surface area contributed by atoms with Crippen molar-refractivity contribution in [3.05, 3.63) is 11.6 Å². The lowest BCUT2D eigenvalue weighted by atomic mass is 10.2. The highest BCUT2D eigenvalue weighted by Crippen LogP contribution is 1.88. The van der Waals surface area contributed by atoms with Gasteiger partial charge >= 0.3 is 0 Å². The summed E-state index contributed by atoms with van der Waals surface area (Å²) in [7, 11) is 0. The molecule has 0 spiro atoms. The minimum Gasteiger partial charge on any atom is -0.392 e. The van der Waals surface area contributed by atoms with E-state index in [0.29, 0.717) is 5.57 Å². The lowest BCUT2D eigenvalue weighted by molar-refractivity contribution is 0.335. The van der Waals surface area contributed by atoms with Crippen LogP contribution in [0, 0.1) is 0 Å². The van der Waals surface area contributed by atoms with Crippen LogP contribution in [0.2, 0.25) is 0 Å². The van der Waals surface area contributed by atoms with Gasteiger partial charge in [0.05, 0.1) is 6.61 Å². The van der Waals surface area contributed by atoms with Gasteiger partial charge in [0.15, 0.2) is 0 Å². The molecule has 0 fully saturated rings. The molecule has 0 aliphatic heterocycles. The Labute approximate surface area is 48.8 Å². The smallest absolute Gasteiger partial charge is 0.231 e. The maximum atomic E-state index is 9.77. The SMILES string of the molecule is CCC=C([C]=O)CO. The van der Waals surface area contributed by atoms with E-state index in [4.69, 9.17) is 5.11 Å². The summed E-state index contributed by atoms with van der Waals surface area (Å²) < 4.78 is 0. The van der Waals surface area contributed by atoms with Gasteiger partial charge in [0.2, 0.25) is 6.29 Å². The van der Waals surface area contributed by atoms with Crippen molar-refractivity contribution < 1.29 is 9.90 Å². The Morgan fingerprint density at radius 3 is 2.62 bits per heavy atom. The Kier molecular flexibility index (Phi) is 4.17. The third kappa shape index (κ3) is 2.53. The van der Waals surface area contributed by atoms with Crippen molar-refractivity contribution in [2.45, 2.75) is 13.3 Å². The highest BCUT2D eigenvalue weighted by molar-refractivity contribution is 5.73. The normalized spacial score (nSPS) is 11.5. The summed E-state index contributed by atoms with van der Waals surface area (Å²) in [5, 5.41) is 8.33. The molecule has 0 rings (SSSR count). The number of aliphatic hydroxyl groups is 1. The molecule has 0 bridgehead atoms. The predicted molar refractivity (Wildman–Crippen MR) is 31.2 cm³/mol. The van der Waals surface area contributed by atoms with Crippen molar-refractivity contribution in [2.75, 3.05) is 6.61 Å². The molecule has 0 saturated heterocycles. The molecule has 45 valence electrons. The van der Waals surface area contributed by atoms with E-state index in [-0.39, 0.29) is 6.61 Å². The number of allylic oxidation sites excluding steroid dienone is 1. The van der Waals surface area contributed by atoms with E-state index < -0.39 is 0 Å².